The van der Waals surface area contributed by atoms with Crippen LogP contribution < -0.4 is 53.2 Å². The number of nitriles is 1. The molecule has 144 heavy (non-hydrogen) atoms. The van der Waals surface area contributed by atoms with Gasteiger partial charge in [-0.3, -0.25) is 4.79 Å². The molecule has 0 aromatic carbocycles. The van der Waals surface area contributed by atoms with E-state index in [2.05, 4.69) is 71.3 Å². The normalized spacial score (nSPS) is 30.5. The Morgan fingerprint density at radius 3 is 0.715 bits per heavy atom. The Balaban J connectivity index is 0.000000237. The van der Waals surface area contributed by atoms with Crippen molar-refractivity contribution in [1.29, 1.82) is 5.26 Å². The SMILES string of the molecule is C=CC(=O)OCCOC(=O)NC1CCCC(CC2CCCC(NC(=O)OCOC(=O)NC3CCCC(CC4CCCC(NC(=O)OCOC)C4)C3)C2)C1.C=CC(=O)OCCOC(=O)NC1CCCC(CC2CCCC(NC(C)=O)C2)C1.N#COC1CCCC(CC2CCCC(NC(=O)OCOC(=O)NC3CCCC(CC4CCCC(NC(=O)OCOC(=O)NC5CCCC(CC6CCCC(N=C=O)C6)C5)C4)C3)C2)C1. The Labute approximate surface area is 851 Å². The van der Waals surface area contributed by atoms with Gasteiger partial charge in [0.2, 0.25) is 32.4 Å². The molecule has 38 nitrogen and oxygen atoms in total. The summed E-state index contributed by atoms with van der Waals surface area (Å²) in [5.74, 6) is 5.23. The van der Waals surface area contributed by atoms with Crippen LogP contribution in [-0.2, 0) is 80.8 Å². The largest absolute Gasteiger partial charge is 0.459 e. The molecule has 0 aromatic rings. The zero-order valence-corrected chi connectivity index (χ0v) is 85.8. The number of alkyl carbamates (subject to hydrolysis) is 9. The zero-order chi connectivity index (χ0) is 102. The second-order valence-corrected chi connectivity index (χ2v) is 43.3. The van der Waals surface area contributed by atoms with Crippen molar-refractivity contribution >= 4 is 78.8 Å². The quantitative estimate of drug-likeness (QED) is 0.00398. The number of ether oxygens (including phenoxy) is 13. The minimum Gasteiger partial charge on any atom is -0.459 e. The second kappa shape index (κ2) is 65.5. The number of amides is 10. The van der Waals surface area contributed by atoms with Crippen LogP contribution in [0.1, 0.15) is 354 Å². The maximum absolute atomic E-state index is 12.7. The highest BCUT2D eigenvalue weighted by Crippen LogP contribution is 2.43. The van der Waals surface area contributed by atoms with Gasteiger partial charge in [-0.15, -0.1) is 0 Å². The highest BCUT2D eigenvalue weighted by molar-refractivity contribution is 5.81. The van der Waals surface area contributed by atoms with E-state index in [1.54, 1.807) is 13.0 Å². The number of hydrogen-bond acceptors (Lipinski definition) is 28. The van der Waals surface area contributed by atoms with E-state index < -0.39 is 87.2 Å². The molecule has 810 valence electrons. The van der Waals surface area contributed by atoms with Gasteiger partial charge in [-0.25, -0.2) is 62.5 Å². The standard InChI is InChI=1S/C47H74N6O10.C38H62N4O11.C21H34N2O5/c48-28-59-43-18-6-12-37(27-43)21-36-11-5-17-42(26-36)53-47(58)63-31-62-46(57)52-41-16-4-10-35(25-41)20-34-9-3-15-40(24-34)51-45(56)61-30-60-44(55)50-39-14-2-8-33(23-39)19-32-7-1-13-38(22-32)49-29-54;1-3-34(43)49-16-17-50-35(44)39-30-12-4-8-26(20-30)18-28-10-6-14-32(22-28)41-37(46)52-25-53-38(47)42-33-15-7-11-29(23-33)19-27-9-5-13-31(21-27)40-36(45)51-24-48-2;1-3-20(25)27-10-11-28-21(26)23-19-9-5-7-17(14-19)12-16-6-4-8-18(13-16)22-15(2)24/h32-43H,1-27,30-31H2,(H,50,55)(H,51,56)(H,52,57)(H,53,58);3,26-33H,1,4-25H2,2H3,(H,39,44)(H,40,45)(H,41,46)(H,42,47);3,16-19H,1,4-14H2,2H3,(H,22,24)(H,23,26). The van der Waals surface area contributed by atoms with E-state index in [1.165, 1.54) is 32.8 Å². The summed E-state index contributed by atoms with van der Waals surface area (Å²) in [6.45, 7) is 6.84. The molecule has 10 amide bonds. The summed E-state index contributed by atoms with van der Waals surface area (Å²) in [4.78, 5) is 160. The van der Waals surface area contributed by atoms with Gasteiger partial charge in [0, 0.05) is 86.6 Å². The van der Waals surface area contributed by atoms with Crippen molar-refractivity contribution in [1.82, 2.24) is 53.2 Å². The predicted molar refractivity (Wildman–Crippen MR) is 530 cm³/mol. The van der Waals surface area contributed by atoms with Crippen LogP contribution in [0.3, 0.4) is 0 Å². The Bertz CT molecular complexity index is 4050. The van der Waals surface area contributed by atoms with Crippen LogP contribution in [0, 0.1) is 82.5 Å². The molecule has 0 heterocycles. The first-order chi connectivity index (χ1) is 69.8. The highest BCUT2D eigenvalue weighted by Gasteiger charge is 2.39. The number of isocyanates is 1. The molecular formula is C106H170N12O26. The number of carbonyl (C=O) groups excluding carboxylic acids is 13. The number of carbonyl (C=O) groups is 12. The molecule has 12 rings (SSSR count). The molecule has 0 saturated heterocycles. The van der Waals surface area contributed by atoms with Crippen molar-refractivity contribution in [2.24, 2.45) is 76.0 Å². The lowest BCUT2D eigenvalue weighted by atomic mass is 9.75. The molecule has 12 saturated carbocycles. The Morgan fingerprint density at radius 2 is 0.486 bits per heavy atom. The van der Waals surface area contributed by atoms with Crippen molar-refractivity contribution in [3.8, 4) is 6.26 Å². The lowest BCUT2D eigenvalue weighted by molar-refractivity contribution is -0.139. The van der Waals surface area contributed by atoms with Crippen LogP contribution in [0.2, 0.25) is 0 Å². The number of rotatable bonds is 40. The smallest absolute Gasteiger partial charge is 0.410 e. The number of nitrogens with one attached hydrogen (secondary N) is 10. The zero-order valence-electron chi connectivity index (χ0n) is 85.8. The summed E-state index contributed by atoms with van der Waals surface area (Å²) in [6.07, 6.45) is 55.7. The first-order valence-electron chi connectivity index (χ1n) is 54.7. The predicted octanol–water partition coefficient (Wildman–Crippen LogP) is 18.4. The van der Waals surface area contributed by atoms with Crippen LogP contribution in [0.4, 0.5) is 43.2 Å². The van der Waals surface area contributed by atoms with Gasteiger partial charge in [0.15, 0.2) is 6.79 Å². The molecule has 12 aliphatic carbocycles. The average Bonchev–Trinajstić information content (AvgIpc) is 0.874. The average molecular weight is 2030 g/mol. The van der Waals surface area contributed by atoms with Gasteiger partial charge < -0.3 is 115 Å². The van der Waals surface area contributed by atoms with Crippen LogP contribution >= 0.6 is 0 Å². The molecule has 12 fully saturated rings. The molecule has 0 aliphatic heterocycles. The molecule has 12 aliphatic rings. The van der Waals surface area contributed by atoms with Crippen molar-refractivity contribution in [2.75, 3.05) is 60.7 Å². The number of aliphatic imine (C=N–C) groups is 1. The third kappa shape index (κ3) is 46.8. The lowest BCUT2D eigenvalue weighted by Gasteiger charge is -2.35. The van der Waals surface area contributed by atoms with E-state index in [9.17, 15) is 62.3 Å². The van der Waals surface area contributed by atoms with E-state index in [0.29, 0.717) is 77.1 Å². The molecule has 24 atom stereocenters. The Hall–Kier alpha value is -10.1. The van der Waals surface area contributed by atoms with E-state index in [0.717, 1.165) is 333 Å². The molecule has 0 radical (unpaired) electrons. The van der Waals surface area contributed by atoms with Gasteiger partial charge in [-0.1, -0.05) is 161 Å². The summed E-state index contributed by atoms with van der Waals surface area (Å²) in [5, 5.41) is 38.6. The maximum Gasteiger partial charge on any atom is 0.410 e. The fourth-order valence-corrected chi connectivity index (χ4v) is 25.9. The fourth-order valence-electron chi connectivity index (χ4n) is 25.9. The minimum absolute atomic E-state index is 0.00312. The summed E-state index contributed by atoms with van der Waals surface area (Å²) < 4.78 is 66.2. The van der Waals surface area contributed by atoms with Crippen LogP contribution in [0.25, 0.3) is 0 Å². The summed E-state index contributed by atoms with van der Waals surface area (Å²) in [6, 6.07) is 0.746. The minimum atomic E-state index is -0.590. The third-order valence-electron chi connectivity index (χ3n) is 32.0. The second-order valence-electron chi connectivity index (χ2n) is 43.3. The highest BCUT2D eigenvalue weighted by atomic mass is 16.7. The van der Waals surface area contributed by atoms with Crippen LogP contribution in [0.5, 0.6) is 0 Å². The van der Waals surface area contributed by atoms with Gasteiger partial charge >= 0.3 is 66.8 Å². The number of hydrogen-bond donors (Lipinski definition) is 10. The number of methoxy groups -OCH3 is 1. The van der Waals surface area contributed by atoms with Gasteiger partial charge in [-0.2, -0.15) is 5.26 Å². The fraction of sp³-hybridized carbons (Fsp3) is 0.830. The van der Waals surface area contributed by atoms with Crippen molar-refractivity contribution in [2.45, 2.75) is 426 Å². The summed E-state index contributed by atoms with van der Waals surface area (Å²) in [7, 11) is 1.48. The van der Waals surface area contributed by atoms with Crippen LogP contribution in [0.15, 0.2) is 30.3 Å². The van der Waals surface area contributed by atoms with Crippen LogP contribution in [-0.4, -0.2) is 212 Å². The van der Waals surface area contributed by atoms with Crippen molar-refractivity contribution in [3.05, 3.63) is 25.3 Å². The summed E-state index contributed by atoms with van der Waals surface area (Å²) in [5.41, 5.74) is 0. The van der Waals surface area contributed by atoms with Gasteiger partial charge in [0.25, 0.3) is 6.26 Å². The van der Waals surface area contributed by atoms with E-state index in [1.807, 2.05) is 6.26 Å². The first-order valence-corrected chi connectivity index (χ1v) is 54.7. The topological polar surface area (TPSA) is 498 Å². The number of nitrogens with zero attached hydrogens (tertiary/aromatic N) is 2. The first kappa shape index (κ1) is 116. The molecule has 10 N–H and O–H groups in total. The molecule has 0 bridgehead atoms. The van der Waals surface area contributed by atoms with Crippen molar-refractivity contribution < 1.29 is 124 Å². The van der Waals surface area contributed by atoms with Gasteiger partial charge in [0.05, 0.1) is 6.04 Å². The third-order valence-corrected chi connectivity index (χ3v) is 32.0. The number of esters is 2. The van der Waals surface area contributed by atoms with Crippen molar-refractivity contribution in [3.63, 3.8) is 0 Å². The van der Waals surface area contributed by atoms with E-state index >= 15 is 0 Å². The molecule has 38 heteroatoms. The molecule has 0 spiro atoms. The monoisotopic (exact) mass is 2030 g/mol. The molecular weight excluding hydrogens is 1860 g/mol. The van der Waals surface area contributed by atoms with E-state index in [4.69, 9.17) is 66.8 Å². The molecule has 0 aromatic heterocycles. The van der Waals surface area contributed by atoms with Gasteiger partial charge in [-0.05, 0) is 270 Å². The Morgan fingerprint density at radius 1 is 0.278 bits per heavy atom. The summed E-state index contributed by atoms with van der Waals surface area (Å²) >= 11 is 0. The maximum atomic E-state index is 12.7. The molecule has 24 unspecified atom stereocenters. The Kier molecular flexibility index (Phi) is 52.7. The van der Waals surface area contributed by atoms with Gasteiger partial charge in [0.1, 0.15) is 32.5 Å². The van der Waals surface area contributed by atoms with E-state index in [-0.39, 0.29) is 106 Å². The lowest BCUT2D eigenvalue weighted by Crippen LogP contribution is -2.42.